The minimum Gasteiger partial charge on any atom is -1.00 e. The summed E-state index contributed by atoms with van der Waals surface area (Å²) in [4.78, 5) is 4.62. The van der Waals surface area contributed by atoms with E-state index in [9.17, 15) is 4.39 Å². The van der Waals surface area contributed by atoms with Gasteiger partial charge in [-0.1, -0.05) is 25.1 Å². The summed E-state index contributed by atoms with van der Waals surface area (Å²) >= 11 is 3.52. The van der Waals surface area contributed by atoms with E-state index >= 15 is 0 Å². The van der Waals surface area contributed by atoms with E-state index in [1.807, 2.05) is 41.2 Å². The number of fused-ring (bicyclic) bond motifs is 1. The molecule has 2 aromatic heterocycles. The monoisotopic (exact) mass is 490 g/mol. The van der Waals surface area contributed by atoms with E-state index < -0.39 is 0 Å². The third kappa shape index (κ3) is 4.28. The van der Waals surface area contributed by atoms with Gasteiger partial charge in [-0.25, -0.2) is 9.37 Å². The molecule has 2 aromatic carbocycles. The Morgan fingerprint density at radius 1 is 1.11 bits per heavy atom. The fourth-order valence-electron chi connectivity index (χ4n) is 2.95. The number of aryl methyl sites for hydroxylation is 1. The Balaban J connectivity index is 0.00000210. The molecule has 3 nitrogen and oxygen atoms in total. The van der Waals surface area contributed by atoms with Crippen LogP contribution in [0.5, 0.6) is 0 Å². The summed E-state index contributed by atoms with van der Waals surface area (Å²) in [6, 6.07) is 14.8. The molecule has 0 aliphatic carbocycles. The summed E-state index contributed by atoms with van der Waals surface area (Å²) in [6.07, 6.45) is 4.79. The van der Waals surface area contributed by atoms with Crippen molar-refractivity contribution >= 4 is 27.0 Å². The molecule has 0 aliphatic heterocycles. The van der Waals surface area contributed by atoms with Crippen LogP contribution in [0.15, 0.2) is 69.8 Å². The molecule has 0 aliphatic rings. The molecule has 0 radical (unpaired) electrons. The van der Waals surface area contributed by atoms with Gasteiger partial charge in [0.15, 0.2) is 24.5 Å². The number of aromatic nitrogens is 2. The van der Waals surface area contributed by atoms with E-state index in [0.29, 0.717) is 18.0 Å². The van der Waals surface area contributed by atoms with Gasteiger partial charge in [0, 0.05) is 0 Å². The van der Waals surface area contributed by atoms with Crippen molar-refractivity contribution in [1.82, 2.24) is 4.98 Å². The SMILES string of the molecule is CCc1ccc2oc(-c3cc(Br)c[n+](Cc4ccccc4F)c3)nc2c1.[Br-]. The average molecular weight is 492 g/mol. The Bertz CT molecular complexity index is 1090. The maximum atomic E-state index is 14.0. The van der Waals surface area contributed by atoms with Gasteiger partial charge in [0.05, 0.1) is 10.0 Å². The molecular weight excluding hydrogens is 475 g/mol. The number of oxazole rings is 1. The summed E-state index contributed by atoms with van der Waals surface area (Å²) < 4.78 is 22.7. The maximum absolute atomic E-state index is 14.0. The standard InChI is InChI=1S/C21H17BrFN2O.BrH/c1-2-14-7-8-20-19(9-14)24-21(26-20)16-10-17(22)13-25(12-16)11-15-5-3-4-6-18(15)23;/h3-10,12-13H,2,11H2,1H3;1H/q+1;/p-1. The molecule has 6 heteroatoms. The zero-order valence-electron chi connectivity index (χ0n) is 14.6. The summed E-state index contributed by atoms with van der Waals surface area (Å²) in [5, 5.41) is 0. The van der Waals surface area contributed by atoms with E-state index in [-0.39, 0.29) is 22.8 Å². The van der Waals surface area contributed by atoms with Gasteiger partial charge in [-0.3, -0.25) is 0 Å². The summed E-state index contributed by atoms with van der Waals surface area (Å²) in [7, 11) is 0. The summed E-state index contributed by atoms with van der Waals surface area (Å²) in [6.45, 7) is 2.54. The van der Waals surface area contributed by atoms with Crippen LogP contribution < -0.4 is 21.5 Å². The second kappa shape index (κ2) is 8.31. The van der Waals surface area contributed by atoms with Crippen LogP contribution in [-0.4, -0.2) is 4.98 Å². The second-order valence-electron chi connectivity index (χ2n) is 6.18. The number of nitrogens with zero attached hydrogens (tertiary/aromatic N) is 2. The highest BCUT2D eigenvalue weighted by molar-refractivity contribution is 9.10. The van der Waals surface area contributed by atoms with E-state index in [1.165, 1.54) is 11.6 Å². The molecule has 0 bridgehead atoms. The van der Waals surface area contributed by atoms with Gasteiger partial charge in [-0.2, -0.15) is 4.57 Å². The molecule has 2 heterocycles. The maximum Gasteiger partial charge on any atom is 0.233 e. The smallest absolute Gasteiger partial charge is 0.233 e. The Morgan fingerprint density at radius 2 is 1.93 bits per heavy atom. The first-order valence-corrected chi connectivity index (χ1v) is 9.24. The normalized spacial score (nSPS) is 10.8. The Kier molecular flexibility index (Phi) is 6.07. The van der Waals surface area contributed by atoms with Crippen molar-refractivity contribution in [3.63, 3.8) is 0 Å². The van der Waals surface area contributed by atoms with Gasteiger partial charge in [0.1, 0.15) is 16.9 Å². The van der Waals surface area contributed by atoms with Gasteiger partial charge in [-0.05, 0) is 58.2 Å². The molecule has 0 saturated carbocycles. The van der Waals surface area contributed by atoms with E-state index in [4.69, 9.17) is 4.42 Å². The van der Waals surface area contributed by atoms with Crippen LogP contribution in [0.4, 0.5) is 4.39 Å². The van der Waals surface area contributed by atoms with Crippen LogP contribution in [0, 0.1) is 5.82 Å². The van der Waals surface area contributed by atoms with Crippen molar-refractivity contribution in [2.45, 2.75) is 19.9 Å². The summed E-state index contributed by atoms with van der Waals surface area (Å²) in [5.74, 6) is 0.340. The predicted octanol–water partition coefficient (Wildman–Crippen LogP) is 2.30. The molecule has 4 aromatic rings. The third-order valence-electron chi connectivity index (χ3n) is 4.31. The first kappa shape index (κ1) is 19.7. The Morgan fingerprint density at radius 3 is 2.70 bits per heavy atom. The predicted molar refractivity (Wildman–Crippen MR) is 102 cm³/mol. The zero-order valence-corrected chi connectivity index (χ0v) is 17.8. The fraction of sp³-hybridized carbons (Fsp3) is 0.143. The van der Waals surface area contributed by atoms with Gasteiger partial charge < -0.3 is 21.4 Å². The van der Waals surface area contributed by atoms with E-state index in [0.717, 1.165) is 27.6 Å². The van der Waals surface area contributed by atoms with Crippen LogP contribution in [0.3, 0.4) is 0 Å². The topological polar surface area (TPSA) is 29.9 Å². The van der Waals surface area contributed by atoms with Gasteiger partial charge in [-0.15, -0.1) is 0 Å². The quantitative estimate of drug-likeness (QED) is 0.410. The van der Waals surface area contributed by atoms with Crippen molar-refractivity contribution in [3.05, 3.63) is 82.3 Å². The highest BCUT2D eigenvalue weighted by Crippen LogP contribution is 2.26. The fourth-order valence-corrected chi connectivity index (χ4v) is 3.45. The molecule has 27 heavy (non-hydrogen) atoms. The van der Waals surface area contributed by atoms with Crippen molar-refractivity contribution in [1.29, 1.82) is 0 Å². The number of benzene rings is 2. The molecule has 0 saturated heterocycles. The molecule has 0 amide bonds. The number of halogens is 3. The molecule has 0 unspecified atom stereocenters. The number of rotatable bonds is 4. The molecule has 138 valence electrons. The van der Waals surface area contributed by atoms with Crippen LogP contribution in [0.2, 0.25) is 0 Å². The van der Waals surface area contributed by atoms with Gasteiger partial charge in [0.25, 0.3) is 0 Å². The minimum atomic E-state index is -0.213. The molecule has 0 fully saturated rings. The van der Waals surface area contributed by atoms with Gasteiger partial charge >= 0.3 is 0 Å². The number of hydrogen-bond donors (Lipinski definition) is 0. The molecule has 0 spiro atoms. The molecule has 4 rings (SSSR count). The van der Waals surface area contributed by atoms with Crippen molar-refractivity contribution in [2.75, 3.05) is 0 Å². The highest BCUT2D eigenvalue weighted by Gasteiger charge is 2.15. The second-order valence-corrected chi connectivity index (χ2v) is 7.10. The van der Waals surface area contributed by atoms with Crippen molar-refractivity contribution < 1.29 is 30.4 Å². The molecule has 0 N–H and O–H groups in total. The lowest BCUT2D eigenvalue weighted by Crippen LogP contribution is -3.00. The van der Waals surface area contributed by atoms with E-state index in [1.54, 1.807) is 12.1 Å². The first-order valence-electron chi connectivity index (χ1n) is 8.45. The lowest BCUT2D eigenvalue weighted by molar-refractivity contribution is -0.688. The van der Waals surface area contributed by atoms with Crippen molar-refractivity contribution in [3.8, 4) is 11.5 Å². The van der Waals surface area contributed by atoms with Crippen LogP contribution in [0.25, 0.3) is 22.6 Å². The van der Waals surface area contributed by atoms with Crippen LogP contribution in [0.1, 0.15) is 18.1 Å². The lowest BCUT2D eigenvalue weighted by Gasteiger charge is -2.02. The molecule has 0 atom stereocenters. The number of hydrogen-bond acceptors (Lipinski definition) is 2. The summed E-state index contributed by atoms with van der Waals surface area (Å²) in [5.41, 5.74) is 4.30. The lowest BCUT2D eigenvalue weighted by atomic mass is 10.1. The Hall–Kier alpha value is -2.05. The zero-order chi connectivity index (χ0) is 18.1. The van der Waals surface area contributed by atoms with Crippen molar-refractivity contribution in [2.24, 2.45) is 0 Å². The number of pyridine rings is 1. The highest BCUT2D eigenvalue weighted by atomic mass is 79.9. The molecular formula is C21H17Br2FN2O. The Labute approximate surface area is 175 Å². The van der Waals surface area contributed by atoms with Crippen LogP contribution in [-0.2, 0) is 13.0 Å². The third-order valence-corrected chi connectivity index (χ3v) is 4.74. The average Bonchev–Trinajstić information content (AvgIpc) is 3.06. The van der Waals surface area contributed by atoms with Crippen LogP contribution >= 0.6 is 15.9 Å². The van der Waals surface area contributed by atoms with E-state index in [2.05, 4.69) is 33.9 Å². The minimum absolute atomic E-state index is 0. The van der Waals surface area contributed by atoms with Gasteiger partial charge in [0.2, 0.25) is 5.89 Å². The largest absolute Gasteiger partial charge is 1.00 e. The first-order chi connectivity index (χ1) is 12.6.